The highest BCUT2D eigenvalue weighted by molar-refractivity contribution is 6.46. The van der Waals surface area contributed by atoms with Crippen molar-refractivity contribution in [2.45, 2.75) is 45.6 Å². The Kier molecular flexibility index (Phi) is 8.29. The summed E-state index contributed by atoms with van der Waals surface area (Å²) < 4.78 is 5.80. The Balaban J connectivity index is 2.15. The fraction of sp³-hybridized carbons (Fsp3) is 0.429. The van der Waals surface area contributed by atoms with Gasteiger partial charge >= 0.3 is 0 Å². The molecule has 1 saturated heterocycles. The lowest BCUT2D eigenvalue weighted by atomic mass is 9.84. The maximum Gasteiger partial charge on any atom is 0.295 e. The van der Waals surface area contributed by atoms with Gasteiger partial charge in [0.25, 0.3) is 11.7 Å². The van der Waals surface area contributed by atoms with E-state index in [0.29, 0.717) is 30.2 Å². The molecular formula is C28H35ClN2O4. The molecule has 3 rings (SSSR count). The molecule has 0 aliphatic carbocycles. The average Bonchev–Trinajstić information content (AvgIpc) is 3.03. The van der Waals surface area contributed by atoms with Gasteiger partial charge in [-0.2, -0.15) is 0 Å². The lowest BCUT2D eigenvalue weighted by Gasteiger charge is -2.26. The van der Waals surface area contributed by atoms with Crippen LogP contribution in [0.5, 0.6) is 5.75 Å². The summed E-state index contributed by atoms with van der Waals surface area (Å²) in [4.78, 5) is 30.0. The molecular weight excluding hydrogens is 464 g/mol. The van der Waals surface area contributed by atoms with Crippen molar-refractivity contribution in [1.29, 1.82) is 0 Å². The smallest absolute Gasteiger partial charge is 0.295 e. The topological polar surface area (TPSA) is 70.1 Å². The summed E-state index contributed by atoms with van der Waals surface area (Å²) in [6.07, 6.45) is 0.696. The fourth-order valence-electron chi connectivity index (χ4n) is 4.36. The van der Waals surface area contributed by atoms with Crippen molar-refractivity contribution in [3.63, 3.8) is 0 Å². The number of hydrogen-bond donors (Lipinski definition) is 1. The van der Waals surface area contributed by atoms with Crippen LogP contribution in [0.25, 0.3) is 5.76 Å². The number of rotatable bonds is 8. The first-order valence-corrected chi connectivity index (χ1v) is 12.3. The van der Waals surface area contributed by atoms with E-state index in [1.54, 1.807) is 35.2 Å². The minimum absolute atomic E-state index is 0.0891. The molecule has 2 aromatic rings. The maximum absolute atomic E-state index is 13.3. The van der Waals surface area contributed by atoms with Gasteiger partial charge in [0.05, 0.1) is 18.2 Å². The molecule has 1 heterocycles. The number of benzene rings is 2. The second-order valence-electron chi connectivity index (χ2n) is 10.1. The number of Topliss-reactive ketones (excluding diaryl/α,β-unsaturated/α-hetero) is 1. The van der Waals surface area contributed by atoms with Crippen LogP contribution in [-0.4, -0.2) is 60.4 Å². The predicted octanol–water partition coefficient (Wildman–Crippen LogP) is 5.41. The minimum Gasteiger partial charge on any atom is -0.507 e. The predicted molar refractivity (Wildman–Crippen MR) is 140 cm³/mol. The fourth-order valence-corrected chi connectivity index (χ4v) is 4.49. The number of aliphatic hydroxyl groups excluding tert-OH is 1. The number of aliphatic hydroxyl groups is 1. The monoisotopic (exact) mass is 498 g/mol. The van der Waals surface area contributed by atoms with E-state index in [4.69, 9.17) is 16.3 Å². The van der Waals surface area contributed by atoms with Gasteiger partial charge < -0.3 is 19.6 Å². The van der Waals surface area contributed by atoms with Crippen LogP contribution in [0.3, 0.4) is 0 Å². The molecule has 1 aliphatic heterocycles. The first-order valence-electron chi connectivity index (χ1n) is 11.9. The summed E-state index contributed by atoms with van der Waals surface area (Å²) >= 11 is 6.10. The number of likely N-dealkylation sites (tertiary alicyclic amines) is 1. The number of ketones is 1. The zero-order chi connectivity index (χ0) is 25.9. The van der Waals surface area contributed by atoms with E-state index in [9.17, 15) is 14.7 Å². The molecule has 0 aromatic heterocycles. The summed E-state index contributed by atoms with van der Waals surface area (Å²) in [6.45, 7) is 9.78. The van der Waals surface area contributed by atoms with Gasteiger partial charge in [0.15, 0.2) is 0 Å². The molecule has 1 aliphatic rings. The Morgan fingerprint density at radius 2 is 1.77 bits per heavy atom. The van der Waals surface area contributed by atoms with E-state index in [-0.39, 0.29) is 16.7 Å². The molecule has 1 fully saturated rings. The molecule has 0 bridgehead atoms. The highest BCUT2D eigenvalue weighted by Gasteiger charge is 2.45. The molecule has 0 spiro atoms. The van der Waals surface area contributed by atoms with Crippen LogP contribution in [0, 0.1) is 0 Å². The van der Waals surface area contributed by atoms with Crippen molar-refractivity contribution in [3.8, 4) is 5.75 Å². The second kappa shape index (κ2) is 10.8. The second-order valence-corrected chi connectivity index (χ2v) is 10.5. The van der Waals surface area contributed by atoms with Crippen LogP contribution in [0.2, 0.25) is 5.02 Å². The summed E-state index contributed by atoms with van der Waals surface area (Å²) in [7, 11) is 3.92. The highest BCUT2D eigenvalue weighted by Crippen LogP contribution is 2.41. The van der Waals surface area contributed by atoms with Gasteiger partial charge in [-0.1, -0.05) is 44.5 Å². The Labute approximate surface area is 213 Å². The van der Waals surface area contributed by atoms with Crippen LogP contribution in [0.4, 0.5) is 0 Å². The van der Waals surface area contributed by atoms with E-state index in [1.807, 2.05) is 38.1 Å². The molecule has 1 amide bonds. The zero-order valence-electron chi connectivity index (χ0n) is 21.4. The van der Waals surface area contributed by atoms with Crippen LogP contribution in [0.1, 0.15) is 56.8 Å². The SMILES string of the molecule is CCOc1ccc(/C(O)=C2/C(=O)C(=O)N(CCCN(C)C)C2c2ccc(Cl)cc2)cc1C(C)(C)C. The van der Waals surface area contributed by atoms with Crippen molar-refractivity contribution in [2.75, 3.05) is 33.8 Å². The van der Waals surface area contributed by atoms with E-state index >= 15 is 0 Å². The van der Waals surface area contributed by atoms with Crippen molar-refractivity contribution < 1.29 is 19.4 Å². The number of amides is 1. The highest BCUT2D eigenvalue weighted by atomic mass is 35.5. The molecule has 188 valence electrons. The molecule has 6 nitrogen and oxygen atoms in total. The number of hydrogen-bond acceptors (Lipinski definition) is 5. The van der Waals surface area contributed by atoms with Gasteiger partial charge in [-0.3, -0.25) is 9.59 Å². The van der Waals surface area contributed by atoms with Gasteiger partial charge in [-0.25, -0.2) is 0 Å². The van der Waals surface area contributed by atoms with Crippen molar-refractivity contribution in [1.82, 2.24) is 9.80 Å². The Hall–Kier alpha value is -2.83. The van der Waals surface area contributed by atoms with Gasteiger partial charge in [0.2, 0.25) is 0 Å². The summed E-state index contributed by atoms with van der Waals surface area (Å²) in [6, 6.07) is 11.7. The molecule has 1 unspecified atom stereocenters. The van der Waals surface area contributed by atoms with Crippen molar-refractivity contribution in [2.24, 2.45) is 0 Å². The van der Waals surface area contributed by atoms with Crippen LogP contribution in [0.15, 0.2) is 48.0 Å². The summed E-state index contributed by atoms with van der Waals surface area (Å²) in [5, 5.41) is 12.0. The van der Waals surface area contributed by atoms with Crippen LogP contribution < -0.4 is 4.74 Å². The summed E-state index contributed by atoms with van der Waals surface area (Å²) in [5.41, 5.74) is 1.94. The molecule has 1 atom stereocenters. The summed E-state index contributed by atoms with van der Waals surface area (Å²) in [5.74, 6) is -0.743. The van der Waals surface area contributed by atoms with Gasteiger partial charge in [0, 0.05) is 22.7 Å². The first kappa shape index (κ1) is 26.8. The van der Waals surface area contributed by atoms with Gasteiger partial charge in [-0.05, 0) is 75.3 Å². The largest absolute Gasteiger partial charge is 0.507 e. The lowest BCUT2D eigenvalue weighted by Crippen LogP contribution is -2.32. The first-order chi connectivity index (χ1) is 16.5. The van der Waals surface area contributed by atoms with E-state index in [1.165, 1.54) is 0 Å². The van der Waals surface area contributed by atoms with E-state index in [2.05, 4.69) is 20.8 Å². The van der Waals surface area contributed by atoms with Crippen LogP contribution in [-0.2, 0) is 15.0 Å². The van der Waals surface area contributed by atoms with Gasteiger partial charge in [0.1, 0.15) is 11.5 Å². The lowest BCUT2D eigenvalue weighted by molar-refractivity contribution is -0.139. The molecule has 0 saturated carbocycles. The van der Waals surface area contributed by atoms with Gasteiger partial charge in [-0.15, -0.1) is 0 Å². The number of carbonyl (C=O) groups is 2. The number of carbonyl (C=O) groups excluding carboxylic acids is 2. The molecule has 35 heavy (non-hydrogen) atoms. The van der Waals surface area contributed by atoms with E-state index in [0.717, 1.165) is 23.4 Å². The Morgan fingerprint density at radius 3 is 2.34 bits per heavy atom. The maximum atomic E-state index is 13.3. The third kappa shape index (κ3) is 5.88. The van der Waals surface area contributed by atoms with Crippen molar-refractivity contribution in [3.05, 3.63) is 69.8 Å². The standard InChI is InChI=1S/C28H35ClN2O4/c1-7-35-22-14-11-19(17-21(22)28(2,3)4)25(32)23-24(18-9-12-20(29)13-10-18)31(27(34)26(23)33)16-8-15-30(5)6/h9-14,17,24,32H,7-8,15-16H2,1-6H3/b25-23-. The molecule has 1 N–H and O–H groups in total. The number of ether oxygens (including phenoxy) is 1. The number of halogens is 1. The molecule has 2 aromatic carbocycles. The Morgan fingerprint density at radius 1 is 1.11 bits per heavy atom. The molecule has 0 radical (unpaired) electrons. The van der Waals surface area contributed by atoms with Crippen molar-refractivity contribution >= 4 is 29.1 Å². The third-order valence-corrected chi connectivity index (χ3v) is 6.34. The molecule has 7 heteroatoms. The number of nitrogens with zero attached hydrogens (tertiary/aromatic N) is 2. The third-order valence-electron chi connectivity index (χ3n) is 6.09. The Bertz CT molecular complexity index is 1120. The van der Waals surface area contributed by atoms with Crippen LogP contribution >= 0.6 is 11.6 Å². The minimum atomic E-state index is -0.695. The zero-order valence-corrected chi connectivity index (χ0v) is 22.1. The normalized spacial score (nSPS) is 17.9. The average molecular weight is 499 g/mol. The van der Waals surface area contributed by atoms with E-state index < -0.39 is 17.7 Å². The quantitative estimate of drug-likeness (QED) is 0.299.